The molecule has 0 bridgehead atoms. The first kappa shape index (κ1) is 19.6. The fourth-order valence-corrected chi connectivity index (χ4v) is 4.33. The standard InChI is InChI=1S/C22H26FN3O3/c1-2-29-22(28)17-4-3-11-25(13-17)21(27)19-14-26-12-16(7-10-20(26)24-19)15-5-8-18(23)9-6-15/h5-6,8-9,14,16-17H,2-4,7,10-13H2,1H3. The Bertz CT molecular complexity index is 893. The number of amides is 1. The third-order valence-electron chi connectivity index (χ3n) is 5.88. The summed E-state index contributed by atoms with van der Waals surface area (Å²) in [6.07, 6.45) is 5.06. The quantitative estimate of drug-likeness (QED) is 0.741. The zero-order chi connectivity index (χ0) is 20.4. The van der Waals surface area contributed by atoms with Crippen LogP contribution in [0.25, 0.3) is 0 Å². The van der Waals surface area contributed by atoms with E-state index in [4.69, 9.17) is 4.74 Å². The molecule has 3 heterocycles. The summed E-state index contributed by atoms with van der Waals surface area (Å²) >= 11 is 0. The third kappa shape index (κ3) is 4.18. The second-order valence-corrected chi connectivity index (χ2v) is 7.82. The first-order chi connectivity index (χ1) is 14.0. The zero-order valence-electron chi connectivity index (χ0n) is 16.6. The van der Waals surface area contributed by atoms with Gasteiger partial charge in [-0.25, -0.2) is 9.37 Å². The lowest BCUT2D eigenvalue weighted by Crippen LogP contribution is -2.43. The van der Waals surface area contributed by atoms with E-state index in [-0.39, 0.29) is 29.5 Å². The summed E-state index contributed by atoms with van der Waals surface area (Å²) in [4.78, 5) is 31.3. The Balaban J connectivity index is 1.45. The molecule has 0 saturated carbocycles. The van der Waals surface area contributed by atoms with Gasteiger partial charge in [0, 0.05) is 38.2 Å². The Labute approximate surface area is 169 Å². The number of piperidine rings is 1. The van der Waals surface area contributed by atoms with Crippen LogP contribution in [0, 0.1) is 11.7 Å². The highest BCUT2D eigenvalue weighted by Gasteiger charge is 2.31. The smallest absolute Gasteiger partial charge is 0.310 e. The summed E-state index contributed by atoms with van der Waals surface area (Å²) in [6, 6.07) is 6.64. The number of esters is 1. The lowest BCUT2D eigenvalue weighted by Gasteiger charge is -2.31. The molecule has 0 N–H and O–H groups in total. The first-order valence-corrected chi connectivity index (χ1v) is 10.3. The number of likely N-dealkylation sites (tertiary alicyclic amines) is 1. The van der Waals surface area contributed by atoms with Gasteiger partial charge in [-0.15, -0.1) is 0 Å². The van der Waals surface area contributed by atoms with Crippen LogP contribution >= 0.6 is 0 Å². The van der Waals surface area contributed by atoms with Gasteiger partial charge in [0.15, 0.2) is 0 Å². The van der Waals surface area contributed by atoms with Gasteiger partial charge >= 0.3 is 5.97 Å². The van der Waals surface area contributed by atoms with Gasteiger partial charge in [0.05, 0.1) is 12.5 Å². The third-order valence-corrected chi connectivity index (χ3v) is 5.88. The number of aryl methyl sites for hydroxylation is 1. The maximum absolute atomic E-state index is 13.2. The van der Waals surface area contributed by atoms with Crippen molar-refractivity contribution in [1.29, 1.82) is 0 Å². The van der Waals surface area contributed by atoms with Crippen LogP contribution in [-0.4, -0.2) is 46.0 Å². The number of carbonyl (C=O) groups excluding carboxylic acids is 2. The van der Waals surface area contributed by atoms with Crippen molar-refractivity contribution in [1.82, 2.24) is 14.5 Å². The number of ether oxygens (including phenoxy) is 1. The summed E-state index contributed by atoms with van der Waals surface area (Å²) in [5, 5.41) is 0. The van der Waals surface area contributed by atoms with Crippen LogP contribution in [0.3, 0.4) is 0 Å². The molecule has 4 rings (SSSR count). The van der Waals surface area contributed by atoms with E-state index >= 15 is 0 Å². The van der Waals surface area contributed by atoms with Crippen LogP contribution in [-0.2, 0) is 22.5 Å². The number of nitrogens with zero attached hydrogens (tertiary/aromatic N) is 3. The van der Waals surface area contributed by atoms with E-state index in [0.29, 0.717) is 25.4 Å². The second-order valence-electron chi connectivity index (χ2n) is 7.82. The van der Waals surface area contributed by atoms with Crippen LogP contribution in [0.1, 0.15) is 54.0 Å². The molecule has 154 valence electrons. The van der Waals surface area contributed by atoms with Gasteiger partial charge in [-0.2, -0.15) is 0 Å². The molecule has 0 spiro atoms. The average Bonchev–Trinajstić information content (AvgIpc) is 3.17. The molecule has 2 unspecified atom stereocenters. The predicted octanol–water partition coefficient (Wildman–Crippen LogP) is 3.17. The zero-order valence-corrected chi connectivity index (χ0v) is 16.6. The van der Waals surface area contributed by atoms with Crippen molar-refractivity contribution < 1.29 is 18.7 Å². The summed E-state index contributed by atoms with van der Waals surface area (Å²) in [5.41, 5.74) is 1.54. The molecule has 2 atom stereocenters. The van der Waals surface area contributed by atoms with E-state index in [9.17, 15) is 14.0 Å². The molecule has 1 aromatic heterocycles. The fourth-order valence-electron chi connectivity index (χ4n) is 4.33. The molecule has 1 amide bonds. The molecule has 1 saturated heterocycles. The molecule has 2 aliphatic heterocycles. The Morgan fingerprint density at radius 2 is 2.00 bits per heavy atom. The van der Waals surface area contributed by atoms with Gasteiger partial charge in [0.2, 0.25) is 0 Å². The normalized spacial score (nSPS) is 21.5. The molecule has 2 aromatic rings. The van der Waals surface area contributed by atoms with Gasteiger partial charge in [0.1, 0.15) is 17.3 Å². The van der Waals surface area contributed by atoms with Crippen molar-refractivity contribution in [3.8, 4) is 0 Å². The number of imidazole rings is 1. The van der Waals surface area contributed by atoms with Crippen molar-refractivity contribution in [2.45, 2.75) is 45.1 Å². The van der Waals surface area contributed by atoms with E-state index < -0.39 is 0 Å². The highest BCUT2D eigenvalue weighted by atomic mass is 19.1. The lowest BCUT2D eigenvalue weighted by atomic mass is 9.91. The minimum Gasteiger partial charge on any atom is -0.466 e. The maximum atomic E-state index is 13.2. The number of rotatable bonds is 4. The van der Waals surface area contributed by atoms with Crippen LogP contribution < -0.4 is 0 Å². The predicted molar refractivity (Wildman–Crippen MR) is 105 cm³/mol. The van der Waals surface area contributed by atoms with Crippen LogP contribution in [0.4, 0.5) is 4.39 Å². The highest BCUT2D eigenvalue weighted by Crippen LogP contribution is 2.29. The Morgan fingerprint density at radius 3 is 2.76 bits per heavy atom. The highest BCUT2D eigenvalue weighted by molar-refractivity contribution is 5.92. The molecule has 2 aliphatic rings. The molecule has 1 fully saturated rings. The number of hydrogen-bond donors (Lipinski definition) is 0. The summed E-state index contributed by atoms with van der Waals surface area (Å²) < 4.78 is 20.4. The molecule has 0 radical (unpaired) electrons. The number of hydrogen-bond acceptors (Lipinski definition) is 4. The first-order valence-electron chi connectivity index (χ1n) is 10.3. The monoisotopic (exact) mass is 399 g/mol. The summed E-state index contributed by atoms with van der Waals surface area (Å²) in [5.74, 6) is 0.348. The number of benzene rings is 1. The van der Waals surface area contributed by atoms with Gasteiger partial charge in [-0.1, -0.05) is 12.1 Å². The van der Waals surface area contributed by atoms with Gasteiger partial charge in [0.25, 0.3) is 5.91 Å². The van der Waals surface area contributed by atoms with Gasteiger partial charge < -0.3 is 14.2 Å². The van der Waals surface area contributed by atoms with Gasteiger partial charge in [-0.3, -0.25) is 9.59 Å². The van der Waals surface area contributed by atoms with Gasteiger partial charge in [-0.05, 0) is 43.9 Å². The largest absolute Gasteiger partial charge is 0.466 e. The van der Waals surface area contributed by atoms with Crippen molar-refractivity contribution in [2.75, 3.05) is 19.7 Å². The topological polar surface area (TPSA) is 64.4 Å². The fraction of sp³-hybridized carbons (Fsp3) is 0.500. The number of aromatic nitrogens is 2. The molecule has 29 heavy (non-hydrogen) atoms. The maximum Gasteiger partial charge on any atom is 0.310 e. The van der Waals surface area contributed by atoms with E-state index in [1.165, 1.54) is 12.1 Å². The van der Waals surface area contributed by atoms with Crippen molar-refractivity contribution >= 4 is 11.9 Å². The molecule has 0 aliphatic carbocycles. The lowest BCUT2D eigenvalue weighted by molar-refractivity contribution is -0.149. The van der Waals surface area contributed by atoms with E-state index in [0.717, 1.165) is 43.6 Å². The van der Waals surface area contributed by atoms with E-state index in [2.05, 4.69) is 4.98 Å². The Hall–Kier alpha value is -2.70. The Morgan fingerprint density at radius 1 is 1.21 bits per heavy atom. The van der Waals surface area contributed by atoms with Crippen LogP contribution in [0.5, 0.6) is 0 Å². The number of carbonyl (C=O) groups is 2. The molecule has 7 heteroatoms. The minimum atomic E-state index is -0.257. The average molecular weight is 399 g/mol. The molecular weight excluding hydrogens is 373 g/mol. The Kier molecular flexibility index (Phi) is 5.65. The number of fused-ring (bicyclic) bond motifs is 1. The van der Waals surface area contributed by atoms with Crippen molar-refractivity contribution in [3.05, 3.63) is 53.4 Å². The van der Waals surface area contributed by atoms with Crippen molar-refractivity contribution in [2.24, 2.45) is 5.92 Å². The second kappa shape index (κ2) is 8.35. The SMILES string of the molecule is CCOC(=O)C1CCCN(C(=O)c2cn3c(n2)CCC(c2ccc(F)cc2)C3)C1. The summed E-state index contributed by atoms with van der Waals surface area (Å²) in [6.45, 7) is 3.89. The molecule has 6 nitrogen and oxygen atoms in total. The minimum absolute atomic E-state index is 0.126. The van der Waals surface area contributed by atoms with E-state index in [1.54, 1.807) is 11.8 Å². The van der Waals surface area contributed by atoms with Crippen LogP contribution in [0.2, 0.25) is 0 Å². The van der Waals surface area contributed by atoms with E-state index in [1.807, 2.05) is 22.9 Å². The number of halogens is 1. The molecular formula is C22H26FN3O3. The van der Waals surface area contributed by atoms with Crippen LogP contribution in [0.15, 0.2) is 30.5 Å². The summed E-state index contributed by atoms with van der Waals surface area (Å²) in [7, 11) is 0. The van der Waals surface area contributed by atoms with Crippen molar-refractivity contribution in [3.63, 3.8) is 0 Å². The molecule has 1 aromatic carbocycles.